The Morgan fingerprint density at radius 3 is 1.75 bits per heavy atom. The van der Waals surface area contributed by atoms with Crippen molar-refractivity contribution >= 4 is 0 Å². The van der Waals surface area contributed by atoms with Crippen molar-refractivity contribution in [2.24, 2.45) is 11.8 Å². The molecule has 0 radical (unpaired) electrons. The third-order valence-electron chi connectivity index (χ3n) is 6.68. The summed E-state index contributed by atoms with van der Waals surface area (Å²) in [5.74, 6) is 1.47. The molecule has 0 N–H and O–H groups in total. The smallest absolute Gasteiger partial charge is 0.0215 e. The maximum atomic E-state index is 2.56. The third-order valence-corrected chi connectivity index (χ3v) is 6.68. The largest absolute Gasteiger partial charge is 0.0628 e. The van der Waals surface area contributed by atoms with Gasteiger partial charge in [0.1, 0.15) is 0 Å². The first-order chi connectivity index (χ1) is 13.0. The summed E-state index contributed by atoms with van der Waals surface area (Å²) in [4.78, 5) is 0. The van der Waals surface area contributed by atoms with Crippen molar-refractivity contribution in [1.29, 1.82) is 0 Å². The quantitative estimate of drug-likeness (QED) is 0.474. The Morgan fingerprint density at radius 1 is 0.750 bits per heavy atom. The van der Waals surface area contributed by atoms with E-state index in [-0.39, 0.29) is 10.8 Å². The van der Waals surface area contributed by atoms with Gasteiger partial charge in [0, 0.05) is 5.41 Å². The van der Waals surface area contributed by atoms with Gasteiger partial charge in [-0.05, 0) is 77.7 Å². The second kappa shape index (κ2) is 7.69. The van der Waals surface area contributed by atoms with Crippen LogP contribution in [-0.2, 0) is 10.8 Å². The molecule has 2 aromatic carbocycles. The minimum Gasteiger partial charge on any atom is -0.0628 e. The zero-order chi connectivity index (χ0) is 20.7. The van der Waals surface area contributed by atoms with E-state index in [4.69, 9.17) is 0 Å². The predicted molar refractivity (Wildman–Crippen MR) is 124 cm³/mol. The highest BCUT2D eigenvalue weighted by Crippen LogP contribution is 2.55. The van der Waals surface area contributed by atoms with Gasteiger partial charge in [0.05, 0.1) is 0 Å². The van der Waals surface area contributed by atoms with Crippen LogP contribution < -0.4 is 0 Å². The molecule has 1 aliphatic rings. The predicted octanol–water partition coefficient (Wildman–Crippen LogP) is 8.43. The summed E-state index contributed by atoms with van der Waals surface area (Å²) in [5, 5.41) is 0. The second-order valence-corrected chi connectivity index (χ2v) is 11.0. The standard InChI is InChI=1S/C28H40/c1-19(2)13-15-28(16-14-20(3)4)25-17-21(5)9-11-23(25)24-12-10-22(18-26(24)28)27(6,7)8/h9-12,17-20H,13-16H2,1-8H3. The van der Waals surface area contributed by atoms with E-state index in [9.17, 15) is 0 Å². The van der Waals surface area contributed by atoms with Gasteiger partial charge in [-0.2, -0.15) is 0 Å². The molecular weight excluding hydrogens is 336 g/mol. The molecule has 0 amide bonds. The highest BCUT2D eigenvalue weighted by Gasteiger charge is 2.43. The minimum atomic E-state index is 0.173. The SMILES string of the molecule is Cc1ccc2c(c1)C(CCC(C)C)(CCC(C)C)c1cc(C(C)(C)C)ccc1-2. The van der Waals surface area contributed by atoms with Gasteiger partial charge in [-0.3, -0.25) is 0 Å². The number of hydrogen-bond donors (Lipinski definition) is 0. The first-order valence-electron chi connectivity index (χ1n) is 11.3. The molecule has 152 valence electrons. The number of aryl methyl sites for hydroxylation is 1. The molecule has 28 heavy (non-hydrogen) atoms. The van der Waals surface area contributed by atoms with Crippen LogP contribution in [0.1, 0.15) is 96.4 Å². The Labute approximate surface area is 173 Å². The molecule has 0 aliphatic heterocycles. The highest BCUT2D eigenvalue weighted by molar-refractivity contribution is 5.81. The van der Waals surface area contributed by atoms with Crippen molar-refractivity contribution in [2.75, 3.05) is 0 Å². The van der Waals surface area contributed by atoms with E-state index in [0.29, 0.717) is 0 Å². The molecule has 0 aromatic heterocycles. The molecule has 0 spiro atoms. The fourth-order valence-electron chi connectivity index (χ4n) is 4.81. The highest BCUT2D eigenvalue weighted by atomic mass is 14.5. The third kappa shape index (κ3) is 3.93. The van der Waals surface area contributed by atoms with Gasteiger partial charge in [0.25, 0.3) is 0 Å². The van der Waals surface area contributed by atoms with Crippen molar-refractivity contribution < 1.29 is 0 Å². The fourth-order valence-corrected chi connectivity index (χ4v) is 4.81. The molecule has 0 heterocycles. The van der Waals surface area contributed by atoms with Gasteiger partial charge >= 0.3 is 0 Å². The first-order valence-corrected chi connectivity index (χ1v) is 11.3. The van der Waals surface area contributed by atoms with E-state index in [1.807, 2.05) is 0 Å². The van der Waals surface area contributed by atoms with E-state index in [1.165, 1.54) is 47.9 Å². The number of rotatable bonds is 6. The zero-order valence-electron chi connectivity index (χ0n) is 19.4. The van der Waals surface area contributed by atoms with Gasteiger partial charge in [0.15, 0.2) is 0 Å². The molecular formula is C28H40. The first kappa shape index (κ1) is 21.2. The summed E-state index contributed by atoms with van der Waals surface area (Å²) in [6, 6.07) is 14.5. The summed E-state index contributed by atoms with van der Waals surface area (Å²) >= 11 is 0. The molecule has 0 nitrogen and oxygen atoms in total. The minimum absolute atomic E-state index is 0.173. The lowest BCUT2D eigenvalue weighted by atomic mass is 9.68. The molecule has 0 fully saturated rings. The molecule has 1 aliphatic carbocycles. The Hall–Kier alpha value is -1.56. The molecule has 0 atom stereocenters. The summed E-state index contributed by atoms with van der Waals surface area (Å²) < 4.78 is 0. The maximum Gasteiger partial charge on any atom is 0.0215 e. The number of hydrogen-bond acceptors (Lipinski definition) is 0. The summed E-state index contributed by atoms with van der Waals surface area (Å²) in [7, 11) is 0. The molecule has 0 saturated heterocycles. The van der Waals surface area contributed by atoms with Crippen LogP contribution in [0.4, 0.5) is 0 Å². The molecule has 0 heteroatoms. The van der Waals surface area contributed by atoms with Gasteiger partial charge < -0.3 is 0 Å². The Balaban J connectivity index is 2.24. The topological polar surface area (TPSA) is 0 Å². The molecule has 2 aromatic rings. The summed E-state index contributed by atoms with van der Waals surface area (Å²) in [6.45, 7) is 18.7. The van der Waals surface area contributed by atoms with Gasteiger partial charge in [-0.25, -0.2) is 0 Å². The summed E-state index contributed by atoms with van der Waals surface area (Å²) in [5.41, 5.74) is 9.37. The average molecular weight is 377 g/mol. The van der Waals surface area contributed by atoms with E-state index in [0.717, 1.165) is 11.8 Å². The van der Waals surface area contributed by atoms with Crippen molar-refractivity contribution in [3.8, 4) is 11.1 Å². The molecule has 0 bridgehead atoms. The van der Waals surface area contributed by atoms with Crippen molar-refractivity contribution in [2.45, 2.75) is 91.9 Å². The Kier molecular flexibility index (Phi) is 5.81. The van der Waals surface area contributed by atoms with E-state index in [1.54, 1.807) is 11.1 Å². The molecule has 0 saturated carbocycles. The van der Waals surface area contributed by atoms with Crippen LogP contribution in [0.25, 0.3) is 11.1 Å². The van der Waals surface area contributed by atoms with Gasteiger partial charge in [-0.1, -0.05) is 90.4 Å². The second-order valence-electron chi connectivity index (χ2n) is 11.0. The lowest BCUT2D eigenvalue weighted by Crippen LogP contribution is -2.27. The van der Waals surface area contributed by atoms with Crippen LogP contribution in [0, 0.1) is 18.8 Å². The average Bonchev–Trinajstić information content (AvgIpc) is 2.86. The lowest BCUT2D eigenvalue weighted by Gasteiger charge is -2.35. The number of benzene rings is 2. The van der Waals surface area contributed by atoms with Gasteiger partial charge in [-0.15, -0.1) is 0 Å². The molecule has 0 unspecified atom stereocenters. The van der Waals surface area contributed by atoms with E-state index < -0.39 is 0 Å². The van der Waals surface area contributed by atoms with Gasteiger partial charge in [0.2, 0.25) is 0 Å². The van der Waals surface area contributed by atoms with Crippen LogP contribution >= 0.6 is 0 Å². The van der Waals surface area contributed by atoms with Crippen molar-refractivity contribution in [3.05, 3.63) is 58.7 Å². The Bertz CT molecular complexity index is 818. The zero-order valence-corrected chi connectivity index (χ0v) is 19.4. The van der Waals surface area contributed by atoms with Crippen LogP contribution in [0.5, 0.6) is 0 Å². The van der Waals surface area contributed by atoms with Crippen LogP contribution in [0.3, 0.4) is 0 Å². The monoisotopic (exact) mass is 376 g/mol. The van der Waals surface area contributed by atoms with Crippen molar-refractivity contribution in [1.82, 2.24) is 0 Å². The summed E-state index contributed by atoms with van der Waals surface area (Å²) in [6.07, 6.45) is 5.08. The number of fused-ring (bicyclic) bond motifs is 3. The Morgan fingerprint density at radius 2 is 1.25 bits per heavy atom. The van der Waals surface area contributed by atoms with Crippen LogP contribution in [0.2, 0.25) is 0 Å². The van der Waals surface area contributed by atoms with Crippen molar-refractivity contribution in [3.63, 3.8) is 0 Å². The fraction of sp³-hybridized carbons (Fsp3) is 0.571. The van der Waals surface area contributed by atoms with E-state index in [2.05, 4.69) is 91.8 Å². The molecule has 3 rings (SSSR count). The van der Waals surface area contributed by atoms with E-state index >= 15 is 0 Å². The van der Waals surface area contributed by atoms with Crippen LogP contribution in [-0.4, -0.2) is 0 Å². The lowest BCUT2D eigenvalue weighted by molar-refractivity contribution is 0.363. The van der Waals surface area contributed by atoms with Crippen LogP contribution in [0.15, 0.2) is 36.4 Å². The normalized spacial score (nSPS) is 15.2. The maximum absolute atomic E-state index is 2.56.